The molecule has 5 heteroatoms. The van der Waals surface area contributed by atoms with E-state index in [1.807, 2.05) is 6.07 Å². The van der Waals surface area contributed by atoms with Crippen LogP contribution in [0.3, 0.4) is 0 Å². The van der Waals surface area contributed by atoms with Crippen molar-refractivity contribution in [3.05, 3.63) is 29.8 Å². The fraction of sp³-hybridized carbons (Fsp3) is 0.300. The second-order valence-corrected chi connectivity index (χ2v) is 5.63. The highest BCUT2D eigenvalue weighted by molar-refractivity contribution is 7.93. The van der Waals surface area contributed by atoms with E-state index in [1.54, 1.807) is 32.0 Å². The number of benzene rings is 1. The summed E-state index contributed by atoms with van der Waals surface area (Å²) in [6, 6.07) is 8.31. The Kier molecular flexibility index (Phi) is 3.32. The van der Waals surface area contributed by atoms with E-state index in [4.69, 9.17) is 5.26 Å². The first-order chi connectivity index (χ1) is 6.95. The molecule has 0 bridgehead atoms. The van der Waals surface area contributed by atoms with E-state index in [2.05, 4.69) is 4.72 Å². The van der Waals surface area contributed by atoms with Gasteiger partial charge in [0.15, 0.2) is 0 Å². The van der Waals surface area contributed by atoms with Crippen LogP contribution in [0.2, 0.25) is 0 Å². The van der Waals surface area contributed by atoms with Gasteiger partial charge in [0.2, 0.25) is 10.0 Å². The second kappa shape index (κ2) is 4.32. The van der Waals surface area contributed by atoms with Crippen molar-refractivity contribution in [1.29, 1.82) is 5.26 Å². The Hall–Kier alpha value is -1.54. The van der Waals surface area contributed by atoms with E-state index < -0.39 is 15.3 Å². The van der Waals surface area contributed by atoms with Crippen LogP contribution in [0.25, 0.3) is 0 Å². The van der Waals surface area contributed by atoms with Gasteiger partial charge in [0, 0.05) is 5.69 Å². The number of sulfonamides is 1. The van der Waals surface area contributed by atoms with Crippen molar-refractivity contribution < 1.29 is 8.42 Å². The molecule has 0 aliphatic carbocycles. The lowest BCUT2D eigenvalue weighted by Gasteiger charge is -2.10. The highest BCUT2D eigenvalue weighted by atomic mass is 32.2. The number of nitriles is 1. The number of hydrogen-bond donors (Lipinski definition) is 1. The zero-order valence-electron chi connectivity index (χ0n) is 8.56. The van der Waals surface area contributed by atoms with Gasteiger partial charge in [0.1, 0.15) is 0 Å². The summed E-state index contributed by atoms with van der Waals surface area (Å²) in [5, 5.41) is 8.15. The van der Waals surface area contributed by atoms with Gasteiger partial charge >= 0.3 is 0 Å². The Labute approximate surface area is 89.6 Å². The zero-order valence-corrected chi connectivity index (χ0v) is 9.38. The van der Waals surface area contributed by atoms with Crippen molar-refractivity contribution in [2.45, 2.75) is 19.1 Å². The Morgan fingerprint density at radius 2 is 2.07 bits per heavy atom. The monoisotopic (exact) mass is 224 g/mol. The van der Waals surface area contributed by atoms with Crippen molar-refractivity contribution in [3.63, 3.8) is 0 Å². The van der Waals surface area contributed by atoms with Crippen molar-refractivity contribution >= 4 is 15.7 Å². The van der Waals surface area contributed by atoms with Gasteiger partial charge < -0.3 is 0 Å². The first-order valence-corrected chi connectivity index (χ1v) is 6.02. The Morgan fingerprint density at radius 1 is 1.40 bits per heavy atom. The summed E-state index contributed by atoms with van der Waals surface area (Å²) in [5.74, 6) is 0. The molecule has 80 valence electrons. The van der Waals surface area contributed by atoms with E-state index in [1.165, 1.54) is 6.07 Å². The molecule has 0 unspecified atom stereocenters. The molecule has 0 aromatic heterocycles. The second-order valence-electron chi connectivity index (χ2n) is 3.39. The third kappa shape index (κ3) is 2.96. The first kappa shape index (κ1) is 11.5. The summed E-state index contributed by atoms with van der Waals surface area (Å²) in [6.07, 6.45) is 0. The molecule has 1 rings (SSSR count). The lowest BCUT2D eigenvalue weighted by Crippen LogP contribution is -2.22. The van der Waals surface area contributed by atoms with Crippen LogP contribution in [0.15, 0.2) is 24.3 Å². The minimum atomic E-state index is -3.34. The SMILES string of the molecule is CC(C)S(=O)(=O)Nc1cccc(C#N)c1. The zero-order chi connectivity index (χ0) is 11.5. The highest BCUT2D eigenvalue weighted by Gasteiger charge is 2.15. The molecular weight excluding hydrogens is 212 g/mol. The van der Waals surface area contributed by atoms with E-state index in [0.717, 1.165) is 0 Å². The van der Waals surface area contributed by atoms with Crippen LogP contribution in [0.1, 0.15) is 19.4 Å². The van der Waals surface area contributed by atoms with Crippen LogP contribution in [0.4, 0.5) is 5.69 Å². The molecule has 0 saturated heterocycles. The summed E-state index contributed by atoms with van der Waals surface area (Å²) in [6.45, 7) is 3.19. The van der Waals surface area contributed by atoms with Crippen molar-refractivity contribution in [2.75, 3.05) is 4.72 Å². The van der Waals surface area contributed by atoms with Gasteiger partial charge in [-0.15, -0.1) is 0 Å². The number of nitrogens with one attached hydrogen (secondary N) is 1. The normalized spacial score (nSPS) is 11.1. The Bertz CT molecular complexity index is 486. The fourth-order valence-corrected chi connectivity index (χ4v) is 1.63. The predicted molar refractivity (Wildman–Crippen MR) is 58.8 cm³/mol. The standard InChI is InChI=1S/C10H12N2O2S/c1-8(2)15(13,14)12-10-5-3-4-9(6-10)7-11/h3-6,8,12H,1-2H3. The quantitative estimate of drug-likeness (QED) is 0.849. The molecule has 1 aromatic rings. The van der Waals surface area contributed by atoms with E-state index in [0.29, 0.717) is 11.3 Å². The molecule has 0 aliphatic rings. The molecule has 0 radical (unpaired) electrons. The molecule has 4 nitrogen and oxygen atoms in total. The topological polar surface area (TPSA) is 70.0 Å². The average Bonchev–Trinajstić information content (AvgIpc) is 2.17. The van der Waals surface area contributed by atoms with Crippen molar-refractivity contribution in [2.24, 2.45) is 0 Å². The Morgan fingerprint density at radius 3 is 2.60 bits per heavy atom. The van der Waals surface area contributed by atoms with Crippen LogP contribution in [-0.2, 0) is 10.0 Å². The van der Waals surface area contributed by atoms with Gasteiger partial charge in [0.25, 0.3) is 0 Å². The summed E-state index contributed by atoms with van der Waals surface area (Å²) in [7, 11) is -3.34. The van der Waals surface area contributed by atoms with Gasteiger partial charge in [-0.1, -0.05) is 6.07 Å². The number of anilines is 1. The first-order valence-electron chi connectivity index (χ1n) is 4.47. The molecule has 0 atom stereocenters. The van der Waals surface area contributed by atoms with Crippen molar-refractivity contribution in [3.8, 4) is 6.07 Å². The predicted octanol–water partition coefficient (Wildman–Crippen LogP) is 1.71. The molecule has 0 spiro atoms. The van der Waals surface area contributed by atoms with Gasteiger partial charge in [-0.25, -0.2) is 8.42 Å². The van der Waals surface area contributed by atoms with Crippen LogP contribution < -0.4 is 4.72 Å². The molecular formula is C10H12N2O2S. The number of hydrogen-bond acceptors (Lipinski definition) is 3. The van der Waals surface area contributed by atoms with Gasteiger partial charge in [-0.05, 0) is 32.0 Å². The third-order valence-corrected chi connectivity index (χ3v) is 3.63. The maximum Gasteiger partial charge on any atom is 0.235 e. The van der Waals surface area contributed by atoms with Crippen LogP contribution in [0.5, 0.6) is 0 Å². The largest absolute Gasteiger partial charge is 0.283 e. The molecule has 0 aliphatic heterocycles. The fourth-order valence-electron chi connectivity index (χ4n) is 0.934. The minimum Gasteiger partial charge on any atom is -0.283 e. The van der Waals surface area contributed by atoms with Crippen LogP contribution in [0, 0.1) is 11.3 Å². The molecule has 0 saturated carbocycles. The summed E-state index contributed by atoms with van der Waals surface area (Å²) in [4.78, 5) is 0. The Balaban J connectivity index is 2.96. The number of rotatable bonds is 3. The maximum absolute atomic E-state index is 11.5. The van der Waals surface area contributed by atoms with Crippen LogP contribution >= 0.6 is 0 Å². The van der Waals surface area contributed by atoms with E-state index >= 15 is 0 Å². The molecule has 0 fully saturated rings. The number of nitrogens with zero attached hydrogens (tertiary/aromatic N) is 1. The molecule has 1 aromatic carbocycles. The summed E-state index contributed by atoms with van der Waals surface area (Å²) >= 11 is 0. The average molecular weight is 224 g/mol. The van der Waals surface area contributed by atoms with Gasteiger partial charge in [-0.2, -0.15) is 5.26 Å². The maximum atomic E-state index is 11.5. The molecule has 0 amide bonds. The summed E-state index contributed by atoms with van der Waals surface area (Å²) < 4.78 is 25.4. The smallest absolute Gasteiger partial charge is 0.235 e. The molecule has 1 N–H and O–H groups in total. The molecule has 15 heavy (non-hydrogen) atoms. The lowest BCUT2D eigenvalue weighted by molar-refractivity contribution is 0.593. The lowest BCUT2D eigenvalue weighted by atomic mass is 10.2. The molecule has 0 heterocycles. The highest BCUT2D eigenvalue weighted by Crippen LogP contribution is 2.13. The minimum absolute atomic E-state index is 0.419. The van der Waals surface area contributed by atoms with Gasteiger partial charge in [0.05, 0.1) is 16.9 Å². The van der Waals surface area contributed by atoms with E-state index in [9.17, 15) is 8.42 Å². The van der Waals surface area contributed by atoms with Gasteiger partial charge in [-0.3, -0.25) is 4.72 Å². The van der Waals surface area contributed by atoms with Crippen LogP contribution in [-0.4, -0.2) is 13.7 Å². The third-order valence-electron chi connectivity index (χ3n) is 1.87. The summed E-state index contributed by atoms with van der Waals surface area (Å²) in [5.41, 5.74) is 0.849. The van der Waals surface area contributed by atoms with Crippen molar-refractivity contribution in [1.82, 2.24) is 0 Å². The van der Waals surface area contributed by atoms with E-state index in [-0.39, 0.29) is 0 Å².